The molecule has 0 aliphatic heterocycles. The minimum atomic E-state index is -0.659. The molecule has 2 aromatic carbocycles. The summed E-state index contributed by atoms with van der Waals surface area (Å²) in [5, 5.41) is 8.83. The number of esters is 1. The van der Waals surface area contributed by atoms with Gasteiger partial charge in [0.05, 0.1) is 17.3 Å². The molecule has 0 atom stereocenters. The van der Waals surface area contributed by atoms with Crippen LogP contribution in [-0.4, -0.2) is 32.5 Å². The topological polar surface area (TPSA) is 83.0 Å². The molecule has 2 aromatic heterocycles. The molecule has 7 nitrogen and oxygen atoms in total. The average molecular weight is 443 g/mol. The fourth-order valence-corrected chi connectivity index (χ4v) is 3.42. The maximum absolute atomic E-state index is 12.4. The van der Waals surface area contributed by atoms with Crippen LogP contribution in [0, 0.1) is 6.92 Å². The van der Waals surface area contributed by atoms with Gasteiger partial charge in [0.25, 0.3) is 5.89 Å². The molecule has 0 amide bonds. The highest BCUT2D eigenvalue weighted by Crippen LogP contribution is 2.35. The number of carbonyl (C=O) groups is 1. The summed E-state index contributed by atoms with van der Waals surface area (Å²) in [4.78, 5) is 16.8. The Balaban J connectivity index is 1.89. The number of nitrogens with zero attached hydrogens (tertiary/aromatic N) is 4. The maximum atomic E-state index is 12.4. The van der Waals surface area contributed by atoms with E-state index in [1.165, 1.54) is 4.68 Å². The van der Waals surface area contributed by atoms with Gasteiger partial charge in [-0.25, -0.2) is 9.48 Å². The van der Waals surface area contributed by atoms with E-state index in [2.05, 4.69) is 15.2 Å². The van der Waals surface area contributed by atoms with Crippen LogP contribution in [0.25, 0.3) is 28.7 Å². The monoisotopic (exact) mass is 442 g/mol. The van der Waals surface area contributed by atoms with Crippen LogP contribution in [0.4, 0.5) is 0 Å². The predicted molar refractivity (Wildman–Crippen MR) is 113 cm³/mol. The van der Waals surface area contributed by atoms with Gasteiger partial charge < -0.3 is 9.26 Å². The van der Waals surface area contributed by atoms with E-state index in [0.717, 1.165) is 11.1 Å². The lowest BCUT2D eigenvalue weighted by atomic mass is 10.1. The van der Waals surface area contributed by atoms with Gasteiger partial charge in [-0.1, -0.05) is 64.3 Å². The molecule has 0 bridgehead atoms. The number of para-hydroxylation sites is 1. The van der Waals surface area contributed by atoms with Gasteiger partial charge in [-0.15, -0.1) is 0 Å². The summed E-state index contributed by atoms with van der Waals surface area (Å²) in [6.45, 7) is 3.85. The molecule has 9 heteroatoms. The normalized spacial score (nSPS) is 10.9. The zero-order chi connectivity index (χ0) is 21.3. The molecule has 152 valence electrons. The van der Waals surface area contributed by atoms with Crippen molar-refractivity contribution in [2.45, 2.75) is 13.8 Å². The molecule has 0 fully saturated rings. The van der Waals surface area contributed by atoms with E-state index in [4.69, 9.17) is 32.5 Å². The van der Waals surface area contributed by atoms with Crippen LogP contribution in [0.1, 0.15) is 23.0 Å². The summed E-state index contributed by atoms with van der Waals surface area (Å²) in [5.41, 5.74) is 2.53. The lowest BCUT2D eigenvalue weighted by Gasteiger charge is -2.06. The molecule has 0 N–H and O–H groups in total. The summed E-state index contributed by atoms with van der Waals surface area (Å²) in [6.07, 6.45) is 0. The zero-order valence-corrected chi connectivity index (χ0v) is 17.6. The van der Waals surface area contributed by atoms with Crippen LogP contribution < -0.4 is 0 Å². The Morgan fingerprint density at radius 2 is 1.97 bits per heavy atom. The lowest BCUT2D eigenvalue weighted by Crippen LogP contribution is -2.07. The van der Waals surface area contributed by atoms with Crippen molar-refractivity contribution in [1.82, 2.24) is 19.9 Å². The van der Waals surface area contributed by atoms with Crippen molar-refractivity contribution in [3.05, 3.63) is 69.8 Å². The minimum absolute atomic E-state index is 0.0350. The number of hydrogen-bond donors (Lipinski definition) is 0. The van der Waals surface area contributed by atoms with Gasteiger partial charge in [0.1, 0.15) is 5.02 Å². The Kier molecular flexibility index (Phi) is 5.57. The van der Waals surface area contributed by atoms with Gasteiger partial charge in [0, 0.05) is 5.56 Å². The molecule has 0 aliphatic rings. The van der Waals surface area contributed by atoms with Gasteiger partial charge in [-0.05, 0) is 32.0 Å². The van der Waals surface area contributed by atoms with Gasteiger partial charge in [0.2, 0.25) is 5.82 Å². The molecule has 0 spiro atoms. The number of benzene rings is 2. The van der Waals surface area contributed by atoms with Crippen molar-refractivity contribution >= 4 is 29.2 Å². The van der Waals surface area contributed by atoms with Crippen LogP contribution >= 0.6 is 23.2 Å². The average Bonchev–Trinajstić information content (AvgIpc) is 3.33. The predicted octanol–water partition coefficient (Wildman–Crippen LogP) is 5.38. The SMILES string of the molecule is CCOC(=O)c1nn(-c2ccccc2Cl)c(-c2nc(-c3cccc(C)c3)no2)c1Cl. The fourth-order valence-electron chi connectivity index (χ4n) is 2.93. The van der Waals surface area contributed by atoms with Gasteiger partial charge in [-0.2, -0.15) is 10.1 Å². The second-order valence-corrected chi connectivity index (χ2v) is 7.17. The Morgan fingerprint density at radius 3 is 2.70 bits per heavy atom. The zero-order valence-electron chi connectivity index (χ0n) is 16.1. The number of rotatable bonds is 5. The molecule has 0 aliphatic carbocycles. The first-order valence-corrected chi connectivity index (χ1v) is 9.86. The van der Waals surface area contributed by atoms with Crippen LogP contribution in [-0.2, 0) is 4.74 Å². The standard InChI is InChI=1S/C21H16Cl2N4O3/c1-3-29-21(28)17-16(23)18(27(25-17)15-10-5-4-9-14(15)22)20-24-19(26-30-20)13-8-6-7-12(2)11-13/h4-11H,3H2,1-2H3. The second-order valence-electron chi connectivity index (χ2n) is 6.39. The van der Waals surface area contributed by atoms with Crippen molar-refractivity contribution in [1.29, 1.82) is 0 Å². The van der Waals surface area contributed by atoms with E-state index in [0.29, 0.717) is 16.5 Å². The Bertz CT molecular complexity index is 1230. The van der Waals surface area contributed by atoms with E-state index in [9.17, 15) is 4.79 Å². The Hall–Kier alpha value is -3.16. The Morgan fingerprint density at radius 1 is 1.17 bits per heavy atom. The van der Waals surface area contributed by atoms with Crippen molar-refractivity contribution < 1.29 is 14.1 Å². The summed E-state index contributed by atoms with van der Waals surface area (Å²) >= 11 is 12.9. The van der Waals surface area contributed by atoms with Crippen LogP contribution in [0.5, 0.6) is 0 Å². The molecule has 2 heterocycles. The van der Waals surface area contributed by atoms with Gasteiger partial charge in [-0.3, -0.25) is 0 Å². The smallest absolute Gasteiger partial charge is 0.360 e. The highest BCUT2D eigenvalue weighted by molar-refractivity contribution is 6.36. The number of hydrogen-bond acceptors (Lipinski definition) is 6. The maximum Gasteiger partial charge on any atom is 0.360 e. The second kappa shape index (κ2) is 8.30. The van der Waals surface area contributed by atoms with Crippen LogP contribution in [0.3, 0.4) is 0 Å². The first-order valence-electron chi connectivity index (χ1n) is 9.11. The molecule has 4 aromatic rings. The third-order valence-electron chi connectivity index (χ3n) is 4.28. The van der Waals surface area contributed by atoms with E-state index < -0.39 is 5.97 Å². The van der Waals surface area contributed by atoms with E-state index >= 15 is 0 Å². The van der Waals surface area contributed by atoms with E-state index in [1.54, 1.807) is 31.2 Å². The van der Waals surface area contributed by atoms with Gasteiger partial charge in [0.15, 0.2) is 11.4 Å². The third kappa shape index (κ3) is 3.69. The van der Waals surface area contributed by atoms with Crippen molar-refractivity contribution in [2.75, 3.05) is 6.61 Å². The molecule has 0 saturated heterocycles. The van der Waals surface area contributed by atoms with Crippen molar-refractivity contribution in [3.63, 3.8) is 0 Å². The first-order chi connectivity index (χ1) is 14.5. The van der Waals surface area contributed by atoms with Crippen molar-refractivity contribution in [2.24, 2.45) is 0 Å². The summed E-state index contributed by atoms with van der Waals surface area (Å²) < 4.78 is 12.0. The molecular formula is C21H16Cl2N4O3. The molecule has 0 radical (unpaired) electrons. The highest BCUT2D eigenvalue weighted by atomic mass is 35.5. The van der Waals surface area contributed by atoms with Gasteiger partial charge >= 0.3 is 5.97 Å². The summed E-state index contributed by atoms with van der Waals surface area (Å²) in [7, 11) is 0. The number of carbonyl (C=O) groups excluding carboxylic acids is 1. The molecule has 0 saturated carbocycles. The first kappa shape index (κ1) is 20.1. The van der Waals surface area contributed by atoms with E-state index in [-0.39, 0.29) is 28.9 Å². The number of halogens is 2. The molecular weight excluding hydrogens is 427 g/mol. The van der Waals surface area contributed by atoms with E-state index in [1.807, 2.05) is 31.2 Å². The summed E-state index contributed by atoms with van der Waals surface area (Å²) in [6, 6.07) is 14.7. The fraction of sp³-hybridized carbons (Fsp3) is 0.143. The van der Waals surface area contributed by atoms with Crippen molar-refractivity contribution in [3.8, 4) is 28.7 Å². The highest BCUT2D eigenvalue weighted by Gasteiger charge is 2.29. The quantitative estimate of drug-likeness (QED) is 0.385. The molecule has 0 unspecified atom stereocenters. The van der Waals surface area contributed by atoms with Crippen LogP contribution in [0.15, 0.2) is 53.1 Å². The largest absolute Gasteiger partial charge is 0.461 e. The Labute approximate surface area is 182 Å². The summed E-state index contributed by atoms with van der Waals surface area (Å²) in [5.74, 6) is -0.179. The molecule has 4 rings (SSSR count). The minimum Gasteiger partial charge on any atom is -0.461 e. The molecule has 30 heavy (non-hydrogen) atoms. The van der Waals surface area contributed by atoms with Crippen LogP contribution in [0.2, 0.25) is 10.0 Å². The third-order valence-corrected chi connectivity index (χ3v) is 4.96. The number of aromatic nitrogens is 4. The number of aryl methyl sites for hydroxylation is 1. The number of ether oxygens (including phenoxy) is 1. The lowest BCUT2D eigenvalue weighted by molar-refractivity contribution is 0.0519.